The third kappa shape index (κ3) is 4.78. The number of aromatic hydroxyl groups is 1. The average Bonchev–Trinajstić information content (AvgIpc) is 3.66. The molecule has 0 amide bonds. The molecule has 0 bridgehead atoms. The van der Waals surface area contributed by atoms with Crippen LogP contribution in [0.1, 0.15) is 24.9 Å². The van der Waals surface area contributed by atoms with E-state index in [1.807, 2.05) is 84.9 Å². The number of phenolic OH excluding ortho intramolecular Hbond substituents is 1. The van der Waals surface area contributed by atoms with Crippen LogP contribution in [-0.2, 0) is 0 Å². The molecule has 9 rings (SSSR count). The summed E-state index contributed by atoms with van der Waals surface area (Å²) >= 11 is 0. The van der Waals surface area contributed by atoms with E-state index in [1.165, 1.54) is 0 Å². The van der Waals surface area contributed by atoms with E-state index in [0.29, 0.717) is 0 Å². The second-order valence-corrected chi connectivity index (χ2v) is 13.1. The Hall–Kier alpha value is -6.17. The highest BCUT2D eigenvalue weighted by molar-refractivity contribution is 6.23. The van der Waals surface area contributed by atoms with E-state index in [-0.39, 0.29) is 11.7 Å². The quantitative estimate of drug-likeness (QED) is 0.144. The van der Waals surface area contributed by atoms with Gasteiger partial charge in [-0.2, -0.15) is 0 Å². The fourth-order valence-corrected chi connectivity index (χ4v) is 7.65. The van der Waals surface area contributed by atoms with Gasteiger partial charge in [0.05, 0.1) is 33.8 Å². The Labute approximate surface area is 290 Å². The lowest BCUT2D eigenvalue weighted by atomic mass is 9.98. The van der Waals surface area contributed by atoms with Gasteiger partial charge in [-0.05, 0) is 60.0 Å². The zero-order valence-corrected chi connectivity index (χ0v) is 27.7. The molecule has 0 radical (unpaired) electrons. The van der Waals surface area contributed by atoms with Crippen LogP contribution in [0.25, 0.3) is 60.4 Å². The van der Waals surface area contributed by atoms with Crippen LogP contribution in [0.5, 0.6) is 5.75 Å². The van der Waals surface area contributed by atoms with Crippen molar-refractivity contribution in [3.8, 4) is 16.9 Å². The van der Waals surface area contributed by atoms with Crippen molar-refractivity contribution in [1.29, 1.82) is 0 Å². The van der Waals surface area contributed by atoms with Gasteiger partial charge >= 0.3 is 0 Å². The first kappa shape index (κ1) is 29.9. The number of nitrogens with zero attached hydrogens (tertiary/aromatic N) is 3. The molecule has 50 heavy (non-hydrogen) atoms. The summed E-state index contributed by atoms with van der Waals surface area (Å²) < 4.78 is 4.53. The highest BCUT2D eigenvalue weighted by Gasteiger charge is 2.26. The van der Waals surface area contributed by atoms with Gasteiger partial charge in [0.2, 0.25) is 0 Å². The monoisotopic (exact) mass is 648 g/mol. The van der Waals surface area contributed by atoms with Crippen molar-refractivity contribution in [2.45, 2.75) is 19.4 Å². The van der Waals surface area contributed by atoms with Crippen molar-refractivity contribution < 1.29 is 5.11 Å². The molecule has 2 heterocycles. The Morgan fingerprint density at radius 3 is 2.16 bits per heavy atom. The molecule has 0 aliphatic heterocycles. The van der Waals surface area contributed by atoms with Crippen LogP contribution in [0, 0.1) is 5.92 Å². The number of phenols is 1. The number of nitrogens with two attached hydrogens (primary N) is 1. The zero-order chi connectivity index (χ0) is 33.8. The lowest BCUT2D eigenvalue weighted by Gasteiger charge is -2.22. The van der Waals surface area contributed by atoms with E-state index in [4.69, 9.17) is 10.7 Å². The maximum absolute atomic E-state index is 12.2. The molecule has 1 aliphatic carbocycles. The van der Waals surface area contributed by atoms with Crippen molar-refractivity contribution >= 4 is 60.8 Å². The summed E-state index contributed by atoms with van der Waals surface area (Å²) in [6.45, 7) is 2.25. The SMILES string of the molecule is CC1CC=CC=C1n1c2cc3c(cc2c2ccc(-c4ccccc4)c(O)c21)c1ccccc1n3C(=Nc1ccccc1)C(N)c1ccccc1. The van der Waals surface area contributed by atoms with E-state index < -0.39 is 6.04 Å². The van der Waals surface area contributed by atoms with Crippen molar-refractivity contribution in [3.63, 3.8) is 0 Å². The first-order valence-corrected chi connectivity index (χ1v) is 17.2. The van der Waals surface area contributed by atoms with Crippen LogP contribution >= 0.6 is 0 Å². The van der Waals surface area contributed by atoms with Gasteiger partial charge in [-0.1, -0.05) is 122 Å². The molecular formula is C45H36N4O. The van der Waals surface area contributed by atoms with Crippen LogP contribution in [0.3, 0.4) is 0 Å². The summed E-state index contributed by atoms with van der Waals surface area (Å²) in [6.07, 6.45) is 7.46. The number of fused-ring (bicyclic) bond motifs is 6. The predicted octanol–water partition coefficient (Wildman–Crippen LogP) is 11.0. The van der Waals surface area contributed by atoms with Gasteiger partial charge in [0.1, 0.15) is 11.6 Å². The molecule has 2 atom stereocenters. The first-order chi connectivity index (χ1) is 24.6. The Morgan fingerprint density at radius 2 is 1.40 bits per heavy atom. The minimum Gasteiger partial charge on any atom is -0.505 e. The predicted molar refractivity (Wildman–Crippen MR) is 209 cm³/mol. The summed E-state index contributed by atoms with van der Waals surface area (Å²) in [7, 11) is 0. The van der Waals surface area contributed by atoms with Crippen LogP contribution in [0.15, 0.2) is 163 Å². The summed E-state index contributed by atoms with van der Waals surface area (Å²) in [6, 6.07) is 47.1. The number of rotatable bonds is 5. The molecular weight excluding hydrogens is 613 g/mol. The highest BCUT2D eigenvalue weighted by Crippen LogP contribution is 2.46. The van der Waals surface area contributed by atoms with Gasteiger partial charge in [0.15, 0.2) is 0 Å². The molecule has 0 fully saturated rings. The first-order valence-electron chi connectivity index (χ1n) is 17.2. The number of para-hydroxylation sites is 2. The molecule has 5 nitrogen and oxygen atoms in total. The van der Waals surface area contributed by atoms with Crippen molar-refractivity contribution in [2.24, 2.45) is 16.6 Å². The maximum Gasteiger partial charge on any atom is 0.148 e. The zero-order valence-electron chi connectivity index (χ0n) is 27.7. The number of hydrogen-bond donors (Lipinski definition) is 2. The van der Waals surface area contributed by atoms with Gasteiger partial charge in [0, 0.05) is 38.7 Å². The molecule has 0 saturated heterocycles. The fraction of sp³-hybridized carbons (Fsp3) is 0.0889. The van der Waals surface area contributed by atoms with Gasteiger partial charge in [0.25, 0.3) is 0 Å². The van der Waals surface area contributed by atoms with E-state index in [1.54, 1.807) is 0 Å². The molecule has 2 aromatic heterocycles. The van der Waals surface area contributed by atoms with Crippen molar-refractivity contribution in [2.75, 3.05) is 0 Å². The summed E-state index contributed by atoms with van der Waals surface area (Å²) in [5.41, 5.74) is 15.8. The van der Waals surface area contributed by atoms with Gasteiger partial charge in [-0.3, -0.25) is 4.57 Å². The largest absolute Gasteiger partial charge is 0.505 e. The highest BCUT2D eigenvalue weighted by atomic mass is 16.3. The fourth-order valence-electron chi connectivity index (χ4n) is 7.65. The molecule has 2 unspecified atom stereocenters. The minimum atomic E-state index is -0.499. The number of aromatic nitrogens is 2. The van der Waals surface area contributed by atoms with Crippen molar-refractivity contribution in [3.05, 3.63) is 163 Å². The number of benzene rings is 6. The van der Waals surface area contributed by atoms with Crippen LogP contribution in [-0.4, -0.2) is 20.1 Å². The van der Waals surface area contributed by atoms with Gasteiger partial charge in [-0.25, -0.2) is 4.99 Å². The average molecular weight is 649 g/mol. The summed E-state index contributed by atoms with van der Waals surface area (Å²) in [5, 5.41) is 16.5. The van der Waals surface area contributed by atoms with E-state index in [9.17, 15) is 5.11 Å². The van der Waals surface area contributed by atoms with E-state index in [0.717, 1.165) is 83.9 Å². The van der Waals surface area contributed by atoms with Gasteiger partial charge < -0.3 is 15.4 Å². The van der Waals surface area contributed by atoms with Crippen LogP contribution in [0.2, 0.25) is 0 Å². The Morgan fingerprint density at radius 1 is 0.720 bits per heavy atom. The number of allylic oxidation sites excluding steroid dienone is 4. The standard InChI is InChI=1S/C45H36N4O/c1-29-15-11-13-23-38(29)48-40-28-41-36(27-37(40)35-26-25-33(44(50)43(35)48)30-16-5-2-6-17-30)34-22-12-14-24-39(34)49(41)45(47-32-20-9-4-10-21-32)42(46)31-18-7-3-8-19-31/h2-14,16-29,42,50H,15,46H2,1H3. The van der Waals surface area contributed by atoms with E-state index >= 15 is 0 Å². The Kier molecular flexibility index (Phi) is 7.22. The smallest absolute Gasteiger partial charge is 0.148 e. The summed E-state index contributed by atoms with van der Waals surface area (Å²) in [5.74, 6) is 1.27. The lowest BCUT2D eigenvalue weighted by molar-refractivity contribution is 0.481. The number of aliphatic imine (C=N–C) groups is 1. The molecule has 3 N–H and O–H groups in total. The lowest BCUT2D eigenvalue weighted by Crippen LogP contribution is -2.27. The van der Waals surface area contributed by atoms with E-state index in [2.05, 4.69) is 88.9 Å². The minimum absolute atomic E-state index is 0.252. The third-order valence-corrected chi connectivity index (χ3v) is 10.1. The van der Waals surface area contributed by atoms with Crippen LogP contribution in [0.4, 0.5) is 5.69 Å². The van der Waals surface area contributed by atoms with Gasteiger partial charge in [-0.15, -0.1) is 0 Å². The molecule has 0 spiro atoms. The third-order valence-electron chi connectivity index (χ3n) is 10.1. The second kappa shape index (κ2) is 12.1. The van der Waals surface area contributed by atoms with Crippen molar-refractivity contribution in [1.82, 2.24) is 9.13 Å². The molecule has 6 aromatic carbocycles. The number of hydrogen-bond acceptors (Lipinski definition) is 3. The Bertz CT molecular complexity index is 2650. The Balaban J connectivity index is 1.41. The topological polar surface area (TPSA) is 68.5 Å². The molecule has 242 valence electrons. The molecule has 1 aliphatic rings. The van der Waals surface area contributed by atoms with Crippen LogP contribution < -0.4 is 5.73 Å². The molecule has 0 saturated carbocycles. The molecule has 5 heteroatoms. The normalized spacial score (nSPS) is 15.7. The molecule has 8 aromatic rings. The second-order valence-electron chi connectivity index (χ2n) is 13.1. The summed E-state index contributed by atoms with van der Waals surface area (Å²) in [4.78, 5) is 5.27. The maximum atomic E-state index is 12.2.